The van der Waals surface area contributed by atoms with Gasteiger partial charge in [0.25, 0.3) is 5.91 Å². The Balaban J connectivity index is 1.84. The molecule has 0 bridgehead atoms. The number of alkyl halides is 3. The number of rotatable bonds is 11. The van der Waals surface area contributed by atoms with Gasteiger partial charge in [-0.2, -0.15) is 13.2 Å². The van der Waals surface area contributed by atoms with Gasteiger partial charge >= 0.3 is 6.18 Å². The molecule has 0 radical (unpaired) electrons. The van der Waals surface area contributed by atoms with Gasteiger partial charge in [0.2, 0.25) is 10.0 Å². The number of hydrogen-bond donors (Lipinski definition) is 3. The Morgan fingerprint density at radius 3 is 2.47 bits per heavy atom. The minimum atomic E-state index is -4.51. The fourth-order valence-corrected chi connectivity index (χ4v) is 3.49. The Hall–Kier alpha value is -2.67. The summed E-state index contributed by atoms with van der Waals surface area (Å²) in [5.74, 6) is -0.638. The van der Waals surface area contributed by atoms with Crippen LogP contribution in [0.25, 0.3) is 0 Å². The van der Waals surface area contributed by atoms with Gasteiger partial charge in [-0.25, -0.2) is 13.1 Å². The van der Waals surface area contributed by atoms with E-state index < -0.39 is 33.8 Å². The van der Waals surface area contributed by atoms with Crippen LogP contribution < -0.4 is 14.8 Å². The average Bonchev–Trinajstić information content (AvgIpc) is 2.76. The SMILES string of the molecule is COCCNS(=O)(=O)c1ccc(C(=O)NCC(O)COc2cccc(C(F)(F)F)c2)cc1. The van der Waals surface area contributed by atoms with Crippen LogP contribution in [0.4, 0.5) is 13.2 Å². The molecule has 2 rings (SSSR count). The quantitative estimate of drug-likeness (QED) is 0.426. The number of hydrogen-bond acceptors (Lipinski definition) is 6. The van der Waals surface area contributed by atoms with Gasteiger partial charge in [0.15, 0.2) is 0 Å². The lowest BCUT2D eigenvalue weighted by Gasteiger charge is -2.14. The van der Waals surface area contributed by atoms with Crippen LogP contribution in [0.5, 0.6) is 5.75 Å². The summed E-state index contributed by atoms with van der Waals surface area (Å²) < 4.78 is 74.6. The van der Waals surface area contributed by atoms with E-state index in [1.807, 2.05) is 0 Å². The van der Waals surface area contributed by atoms with Crippen molar-refractivity contribution in [3.05, 3.63) is 59.7 Å². The molecule has 0 fully saturated rings. The predicted molar refractivity (Wildman–Crippen MR) is 109 cm³/mol. The van der Waals surface area contributed by atoms with Gasteiger partial charge in [0.1, 0.15) is 18.5 Å². The van der Waals surface area contributed by atoms with E-state index in [0.717, 1.165) is 12.1 Å². The Kier molecular flexibility index (Phi) is 9.01. The molecule has 2 aromatic carbocycles. The van der Waals surface area contributed by atoms with Gasteiger partial charge in [-0.15, -0.1) is 0 Å². The number of halogens is 3. The lowest BCUT2D eigenvalue weighted by molar-refractivity contribution is -0.137. The standard InChI is InChI=1S/C20H23F3N2O6S/c1-30-10-9-25-32(28,29)18-7-5-14(6-8-18)19(27)24-12-16(26)13-31-17-4-2-3-15(11-17)20(21,22)23/h2-8,11,16,25-26H,9-10,12-13H2,1H3,(H,24,27). The van der Waals surface area contributed by atoms with E-state index in [2.05, 4.69) is 10.0 Å². The summed E-state index contributed by atoms with van der Waals surface area (Å²) in [6.07, 6.45) is -5.70. The molecular weight excluding hydrogens is 453 g/mol. The number of carbonyl (C=O) groups excluding carboxylic acids is 1. The number of aliphatic hydroxyl groups is 1. The first-order valence-corrected chi connectivity index (χ1v) is 10.9. The third-order valence-electron chi connectivity index (χ3n) is 4.13. The molecule has 0 heterocycles. The van der Waals surface area contributed by atoms with E-state index >= 15 is 0 Å². The third kappa shape index (κ3) is 7.79. The second-order valence-electron chi connectivity index (χ2n) is 6.62. The summed E-state index contributed by atoms with van der Waals surface area (Å²) in [6.45, 7) is -0.261. The van der Waals surface area contributed by atoms with Crippen LogP contribution in [0, 0.1) is 0 Å². The zero-order valence-corrected chi connectivity index (χ0v) is 17.9. The zero-order chi connectivity index (χ0) is 23.8. The van der Waals surface area contributed by atoms with E-state index in [9.17, 15) is 31.5 Å². The van der Waals surface area contributed by atoms with Crippen molar-refractivity contribution < 1.29 is 41.0 Å². The highest BCUT2D eigenvalue weighted by Gasteiger charge is 2.30. The highest BCUT2D eigenvalue weighted by atomic mass is 32.2. The molecule has 12 heteroatoms. The molecule has 0 aliphatic rings. The van der Waals surface area contributed by atoms with Gasteiger partial charge in [-0.1, -0.05) is 6.07 Å². The van der Waals surface area contributed by atoms with Crippen molar-refractivity contribution in [2.45, 2.75) is 17.2 Å². The molecule has 8 nitrogen and oxygen atoms in total. The molecule has 0 aromatic heterocycles. The Bertz CT molecular complexity index is 997. The van der Waals surface area contributed by atoms with Crippen molar-refractivity contribution >= 4 is 15.9 Å². The first kappa shape index (κ1) is 25.6. The topological polar surface area (TPSA) is 114 Å². The van der Waals surface area contributed by atoms with Gasteiger partial charge in [-0.05, 0) is 42.5 Å². The summed E-state index contributed by atoms with van der Waals surface area (Å²) in [5.41, 5.74) is -0.719. The Morgan fingerprint density at radius 1 is 1.16 bits per heavy atom. The summed E-state index contributed by atoms with van der Waals surface area (Å²) in [5, 5.41) is 12.4. The molecule has 2 aromatic rings. The van der Waals surface area contributed by atoms with Crippen LogP contribution >= 0.6 is 0 Å². The summed E-state index contributed by atoms with van der Waals surface area (Å²) in [6, 6.07) is 9.36. The normalized spacial score (nSPS) is 12.9. The van der Waals surface area contributed by atoms with E-state index in [0.29, 0.717) is 0 Å². The Labute approximate surface area is 183 Å². The van der Waals surface area contributed by atoms with E-state index in [4.69, 9.17) is 9.47 Å². The smallest absolute Gasteiger partial charge is 0.416 e. The van der Waals surface area contributed by atoms with Crippen molar-refractivity contribution in [1.29, 1.82) is 0 Å². The lowest BCUT2D eigenvalue weighted by Crippen LogP contribution is -2.35. The number of carbonyl (C=O) groups is 1. The van der Waals surface area contributed by atoms with Gasteiger partial charge in [0.05, 0.1) is 17.1 Å². The molecule has 1 atom stereocenters. The monoisotopic (exact) mass is 476 g/mol. The molecule has 3 N–H and O–H groups in total. The van der Waals surface area contributed by atoms with Gasteiger partial charge < -0.3 is 19.9 Å². The van der Waals surface area contributed by atoms with Gasteiger partial charge in [0, 0.05) is 25.8 Å². The Morgan fingerprint density at radius 2 is 1.84 bits per heavy atom. The second kappa shape index (κ2) is 11.3. The fraction of sp³-hybridized carbons (Fsp3) is 0.350. The molecule has 1 amide bonds. The number of nitrogens with one attached hydrogen (secondary N) is 2. The van der Waals surface area contributed by atoms with Crippen LogP contribution in [-0.2, 0) is 20.9 Å². The molecule has 0 aliphatic heterocycles. The predicted octanol–water partition coefficient (Wildman–Crippen LogP) is 1.80. The summed E-state index contributed by atoms with van der Waals surface area (Å²) in [4.78, 5) is 12.2. The number of methoxy groups -OCH3 is 1. The van der Waals surface area contributed by atoms with E-state index in [1.54, 1.807) is 0 Å². The van der Waals surface area contributed by atoms with E-state index in [1.165, 1.54) is 43.5 Å². The summed E-state index contributed by atoms with van der Waals surface area (Å²) in [7, 11) is -2.29. The van der Waals surface area contributed by atoms with E-state index in [-0.39, 0.29) is 42.5 Å². The maximum atomic E-state index is 12.7. The van der Waals surface area contributed by atoms with Crippen LogP contribution in [0.3, 0.4) is 0 Å². The average molecular weight is 476 g/mol. The third-order valence-corrected chi connectivity index (χ3v) is 5.60. The minimum Gasteiger partial charge on any atom is -0.491 e. The first-order chi connectivity index (χ1) is 15.0. The van der Waals surface area contributed by atoms with Crippen LogP contribution in [0.15, 0.2) is 53.4 Å². The summed E-state index contributed by atoms with van der Waals surface area (Å²) >= 11 is 0. The molecule has 32 heavy (non-hydrogen) atoms. The lowest BCUT2D eigenvalue weighted by atomic mass is 10.2. The first-order valence-electron chi connectivity index (χ1n) is 9.38. The molecule has 0 saturated carbocycles. The maximum Gasteiger partial charge on any atom is 0.416 e. The number of amides is 1. The maximum absolute atomic E-state index is 12.7. The molecule has 176 valence electrons. The van der Waals surface area contributed by atoms with Crippen molar-refractivity contribution in [3.63, 3.8) is 0 Å². The highest BCUT2D eigenvalue weighted by Crippen LogP contribution is 2.31. The van der Waals surface area contributed by atoms with Crippen LogP contribution in [-0.4, -0.2) is 58.9 Å². The number of benzene rings is 2. The van der Waals surface area contributed by atoms with Crippen molar-refractivity contribution in [3.8, 4) is 5.75 Å². The molecule has 0 saturated heterocycles. The van der Waals surface area contributed by atoms with Gasteiger partial charge in [-0.3, -0.25) is 4.79 Å². The number of aliphatic hydroxyl groups excluding tert-OH is 1. The molecule has 0 aliphatic carbocycles. The van der Waals surface area contributed by atoms with Crippen LogP contribution in [0.1, 0.15) is 15.9 Å². The fourth-order valence-electron chi connectivity index (χ4n) is 2.47. The van der Waals surface area contributed by atoms with Crippen molar-refractivity contribution in [2.75, 3.05) is 33.4 Å². The minimum absolute atomic E-state index is 0.0281. The molecule has 1 unspecified atom stereocenters. The van der Waals surface area contributed by atoms with Crippen molar-refractivity contribution in [2.24, 2.45) is 0 Å². The molecular formula is C20H23F3N2O6S. The zero-order valence-electron chi connectivity index (χ0n) is 17.1. The molecule has 0 spiro atoms. The second-order valence-corrected chi connectivity index (χ2v) is 8.38. The van der Waals surface area contributed by atoms with Crippen molar-refractivity contribution in [1.82, 2.24) is 10.0 Å². The largest absolute Gasteiger partial charge is 0.491 e. The number of sulfonamides is 1. The number of ether oxygens (including phenoxy) is 2. The highest BCUT2D eigenvalue weighted by molar-refractivity contribution is 7.89. The van der Waals surface area contributed by atoms with Crippen LogP contribution in [0.2, 0.25) is 0 Å².